The maximum absolute atomic E-state index is 11.9. The van der Waals surface area contributed by atoms with Crippen LogP contribution in [0.3, 0.4) is 0 Å². The van der Waals surface area contributed by atoms with Gasteiger partial charge < -0.3 is 0 Å². The fourth-order valence-corrected chi connectivity index (χ4v) is 3.39. The molecule has 3 aliphatic rings. The summed E-state index contributed by atoms with van der Waals surface area (Å²) in [5, 5.41) is 0. The first-order chi connectivity index (χ1) is 7.25. The fourth-order valence-electron chi connectivity index (χ4n) is 3.39. The minimum Gasteiger partial charge on any atom is -0.294 e. The Morgan fingerprint density at radius 2 is 2.13 bits per heavy atom. The minimum atomic E-state index is 0.256. The average molecular weight is 202 g/mol. The van der Waals surface area contributed by atoms with Gasteiger partial charge in [0.05, 0.1) is 0 Å². The molecule has 1 heteroatoms. The second-order valence-electron chi connectivity index (χ2n) is 5.35. The lowest BCUT2D eigenvalue weighted by atomic mass is 9.76. The Morgan fingerprint density at radius 1 is 1.27 bits per heavy atom. The van der Waals surface area contributed by atoms with Gasteiger partial charge in [-0.15, -0.1) is 0 Å². The Labute approximate surface area is 91.2 Å². The van der Waals surface area contributed by atoms with E-state index in [1.165, 1.54) is 37.7 Å². The normalized spacial score (nSPS) is 35.0. The monoisotopic (exact) mass is 202 g/mol. The molecule has 2 unspecified atom stereocenters. The van der Waals surface area contributed by atoms with E-state index >= 15 is 0 Å². The summed E-state index contributed by atoms with van der Waals surface area (Å²) in [6.07, 6.45) is 9.78. The maximum atomic E-state index is 11.9. The van der Waals surface area contributed by atoms with Gasteiger partial charge in [0.25, 0.3) is 0 Å². The van der Waals surface area contributed by atoms with Crippen molar-refractivity contribution in [1.82, 2.24) is 0 Å². The van der Waals surface area contributed by atoms with Gasteiger partial charge in [0.15, 0.2) is 5.78 Å². The summed E-state index contributed by atoms with van der Waals surface area (Å²) >= 11 is 0. The Hall–Kier alpha value is -0.850. The molecule has 3 aliphatic carbocycles. The van der Waals surface area contributed by atoms with Gasteiger partial charge >= 0.3 is 0 Å². The number of Topliss-reactive ketones (excluding diaryl/α,β-unsaturated/α-hetero) is 1. The van der Waals surface area contributed by atoms with E-state index in [2.05, 4.69) is 13.0 Å². The quantitative estimate of drug-likeness (QED) is 0.588. The van der Waals surface area contributed by atoms with Crippen molar-refractivity contribution >= 4 is 5.78 Å². The molecular formula is C14H18O. The molecule has 0 aromatic carbocycles. The molecule has 15 heavy (non-hydrogen) atoms. The van der Waals surface area contributed by atoms with Crippen LogP contribution in [0.15, 0.2) is 22.8 Å². The molecule has 1 nitrogen and oxygen atoms in total. The van der Waals surface area contributed by atoms with Crippen LogP contribution in [0.1, 0.15) is 45.4 Å². The predicted octanol–water partition coefficient (Wildman–Crippen LogP) is 3.41. The van der Waals surface area contributed by atoms with E-state index in [1.807, 2.05) is 0 Å². The van der Waals surface area contributed by atoms with Crippen molar-refractivity contribution in [3.05, 3.63) is 22.8 Å². The second-order valence-corrected chi connectivity index (χ2v) is 5.35. The summed E-state index contributed by atoms with van der Waals surface area (Å²) in [4.78, 5) is 11.9. The van der Waals surface area contributed by atoms with Crippen LogP contribution < -0.4 is 0 Å². The molecule has 0 N–H and O–H groups in total. The molecule has 0 saturated heterocycles. The van der Waals surface area contributed by atoms with Crippen molar-refractivity contribution in [2.24, 2.45) is 11.8 Å². The fraction of sp³-hybridized carbons (Fsp3) is 0.643. The first-order valence-electron chi connectivity index (χ1n) is 6.22. The zero-order valence-corrected chi connectivity index (χ0v) is 9.38. The Bertz CT molecular complexity index is 373. The van der Waals surface area contributed by atoms with Gasteiger partial charge in [-0.2, -0.15) is 0 Å². The van der Waals surface area contributed by atoms with Crippen molar-refractivity contribution in [1.29, 1.82) is 0 Å². The Kier molecular flexibility index (Phi) is 2.08. The number of fused-ring (bicyclic) bond motifs is 1. The molecule has 0 aliphatic heterocycles. The number of allylic oxidation sites excluding steroid dienone is 4. The van der Waals surface area contributed by atoms with Gasteiger partial charge in [-0.3, -0.25) is 4.79 Å². The summed E-state index contributed by atoms with van der Waals surface area (Å²) in [7, 11) is 0. The number of carbonyl (C=O) groups excluding carboxylic acids is 1. The molecular weight excluding hydrogens is 184 g/mol. The SMILES string of the molecule is CC1CC2=C(C=C3CCCCC3C2)C1=O. The molecule has 3 rings (SSSR count). The van der Waals surface area contributed by atoms with E-state index in [4.69, 9.17) is 0 Å². The third kappa shape index (κ3) is 1.40. The van der Waals surface area contributed by atoms with Crippen LogP contribution in [-0.2, 0) is 4.79 Å². The van der Waals surface area contributed by atoms with E-state index in [0.29, 0.717) is 5.78 Å². The predicted molar refractivity (Wildman–Crippen MR) is 60.5 cm³/mol. The molecule has 0 aromatic rings. The van der Waals surface area contributed by atoms with Gasteiger partial charge in [-0.25, -0.2) is 0 Å². The average Bonchev–Trinajstić information content (AvgIpc) is 2.52. The third-order valence-electron chi connectivity index (χ3n) is 4.26. The van der Waals surface area contributed by atoms with E-state index < -0.39 is 0 Å². The van der Waals surface area contributed by atoms with Crippen LogP contribution in [0.5, 0.6) is 0 Å². The Morgan fingerprint density at radius 3 is 3.00 bits per heavy atom. The Balaban J connectivity index is 1.94. The third-order valence-corrected chi connectivity index (χ3v) is 4.26. The van der Waals surface area contributed by atoms with E-state index in [-0.39, 0.29) is 5.92 Å². The zero-order chi connectivity index (χ0) is 10.4. The largest absolute Gasteiger partial charge is 0.294 e. The van der Waals surface area contributed by atoms with E-state index in [9.17, 15) is 4.79 Å². The first-order valence-corrected chi connectivity index (χ1v) is 6.22. The maximum Gasteiger partial charge on any atom is 0.165 e. The number of hydrogen-bond donors (Lipinski definition) is 0. The molecule has 0 aromatic heterocycles. The van der Waals surface area contributed by atoms with Gasteiger partial charge in [0, 0.05) is 11.5 Å². The molecule has 0 bridgehead atoms. The molecule has 0 heterocycles. The highest BCUT2D eigenvalue weighted by Crippen LogP contribution is 2.44. The van der Waals surface area contributed by atoms with Crippen molar-refractivity contribution in [2.45, 2.75) is 45.4 Å². The second kappa shape index (κ2) is 3.33. The van der Waals surface area contributed by atoms with Crippen molar-refractivity contribution in [3.8, 4) is 0 Å². The minimum absolute atomic E-state index is 0.256. The molecule has 0 amide bonds. The van der Waals surface area contributed by atoms with Crippen LogP contribution >= 0.6 is 0 Å². The molecule has 2 atom stereocenters. The topological polar surface area (TPSA) is 17.1 Å². The highest BCUT2D eigenvalue weighted by Gasteiger charge is 2.34. The van der Waals surface area contributed by atoms with Crippen molar-refractivity contribution < 1.29 is 4.79 Å². The molecule has 80 valence electrons. The van der Waals surface area contributed by atoms with Gasteiger partial charge in [0.1, 0.15) is 0 Å². The van der Waals surface area contributed by atoms with Crippen LogP contribution in [0, 0.1) is 11.8 Å². The first kappa shape index (κ1) is 9.38. The van der Waals surface area contributed by atoms with Crippen LogP contribution in [0.4, 0.5) is 0 Å². The van der Waals surface area contributed by atoms with Crippen LogP contribution in [-0.4, -0.2) is 5.78 Å². The molecule has 1 saturated carbocycles. The van der Waals surface area contributed by atoms with Crippen LogP contribution in [0.2, 0.25) is 0 Å². The van der Waals surface area contributed by atoms with Gasteiger partial charge in [-0.1, -0.05) is 30.6 Å². The molecule has 0 spiro atoms. The lowest BCUT2D eigenvalue weighted by Gasteiger charge is -2.29. The summed E-state index contributed by atoms with van der Waals surface area (Å²) in [5.41, 5.74) is 4.13. The number of hydrogen-bond acceptors (Lipinski definition) is 1. The highest BCUT2D eigenvalue weighted by atomic mass is 16.1. The van der Waals surface area contributed by atoms with Crippen LogP contribution in [0.25, 0.3) is 0 Å². The molecule has 1 fully saturated rings. The summed E-state index contributed by atoms with van der Waals surface area (Å²) in [6.45, 7) is 2.07. The summed E-state index contributed by atoms with van der Waals surface area (Å²) in [5.74, 6) is 1.45. The number of carbonyl (C=O) groups is 1. The lowest BCUT2D eigenvalue weighted by Crippen LogP contribution is -2.15. The summed E-state index contributed by atoms with van der Waals surface area (Å²) in [6, 6.07) is 0. The van der Waals surface area contributed by atoms with E-state index in [1.54, 1.807) is 5.57 Å². The highest BCUT2D eigenvalue weighted by molar-refractivity contribution is 6.03. The zero-order valence-electron chi connectivity index (χ0n) is 9.38. The van der Waals surface area contributed by atoms with Crippen molar-refractivity contribution in [2.75, 3.05) is 0 Å². The molecule has 0 radical (unpaired) electrons. The van der Waals surface area contributed by atoms with E-state index in [0.717, 1.165) is 17.9 Å². The van der Waals surface area contributed by atoms with Gasteiger partial charge in [-0.05, 0) is 38.0 Å². The van der Waals surface area contributed by atoms with Crippen molar-refractivity contribution in [3.63, 3.8) is 0 Å². The van der Waals surface area contributed by atoms with Gasteiger partial charge in [0.2, 0.25) is 0 Å². The number of rotatable bonds is 0. The number of ketones is 1. The standard InChI is InChI=1S/C14H18O/c1-9-6-12-7-10-4-2-3-5-11(10)8-13(12)14(9)15/h8-10H,2-7H2,1H3. The lowest BCUT2D eigenvalue weighted by molar-refractivity contribution is -0.117. The smallest absolute Gasteiger partial charge is 0.165 e. The summed E-state index contributed by atoms with van der Waals surface area (Å²) < 4.78 is 0.